The van der Waals surface area contributed by atoms with Crippen molar-refractivity contribution in [3.63, 3.8) is 0 Å². The average Bonchev–Trinajstić information content (AvgIpc) is 3.22. The van der Waals surface area contributed by atoms with Gasteiger partial charge in [0.05, 0.1) is 26.4 Å². The summed E-state index contributed by atoms with van der Waals surface area (Å²) in [4.78, 5) is 0. The highest BCUT2D eigenvalue weighted by Crippen LogP contribution is 2.49. The predicted octanol–water partition coefficient (Wildman–Crippen LogP) is 11.5. The van der Waals surface area contributed by atoms with E-state index in [4.69, 9.17) is 28.4 Å². The molecule has 56 heavy (non-hydrogen) atoms. The van der Waals surface area contributed by atoms with Crippen molar-refractivity contribution in [3.05, 3.63) is 145 Å². The van der Waals surface area contributed by atoms with E-state index in [1.165, 1.54) is 0 Å². The van der Waals surface area contributed by atoms with Crippen molar-refractivity contribution >= 4 is 43.1 Å². The molecule has 0 aliphatic carbocycles. The summed E-state index contributed by atoms with van der Waals surface area (Å²) in [7, 11) is 0. The van der Waals surface area contributed by atoms with Crippen LogP contribution in [-0.2, 0) is 9.47 Å². The summed E-state index contributed by atoms with van der Waals surface area (Å²) in [6.45, 7) is 7.31. The molecule has 280 valence electrons. The van der Waals surface area contributed by atoms with Gasteiger partial charge in [-0.15, -0.1) is 0 Å². The van der Waals surface area contributed by atoms with Crippen LogP contribution in [0.25, 0.3) is 65.3 Å². The highest BCUT2D eigenvalue weighted by molar-refractivity contribution is 6.11. The lowest BCUT2D eigenvalue weighted by atomic mass is 9.89. The maximum atomic E-state index is 6.71. The Labute approximate surface area is 327 Å². The lowest BCUT2D eigenvalue weighted by Gasteiger charge is -2.23. The standard InChI is InChI=1S/C50H44O6/c1-33-31-37-13-5-9-17-41(37)47-48-42-18-10-6-14-38(42)32-34(2)50(48)56-30-26-52-24-28-54-44-22-20-36-12-4-8-16-40(36)46(44)45-39-15-7-3-11-35(39)19-21-43(45)53-27-23-51-25-29-55-49(33)47/h3-22,31-32H,23-30H2,1-2H3. The number of fused-ring (bicyclic) bond motifs is 14. The highest BCUT2D eigenvalue weighted by Gasteiger charge is 2.23. The van der Waals surface area contributed by atoms with Crippen molar-refractivity contribution in [1.82, 2.24) is 0 Å². The summed E-state index contributed by atoms with van der Waals surface area (Å²) >= 11 is 0. The smallest absolute Gasteiger partial charge is 0.130 e. The number of benzene rings is 8. The Kier molecular flexibility index (Phi) is 10.1. The molecule has 0 unspecified atom stereocenters. The Morgan fingerprint density at radius 1 is 0.321 bits per heavy atom. The molecule has 0 atom stereocenters. The van der Waals surface area contributed by atoms with E-state index in [0.29, 0.717) is 52.9 Å². The molecule has 6 heteroatoms. The third-order valence-electron chi connectivity index (χ3n) is 10.6. The molecule has 9 rings (SSSR count). The molecule has 0 fully saturated rings. The number of rotatable bonds is 0. The topological polar surface area (TPSA) is 55.4 Å². The molecular weight excluding hydrogens is 697 g/mol. The van der Waals surface area contributed by atoms with Crippen LogP contribution in [0.2, 0.25) is 0 Å². The van der Waals surface area contributed by atoms with E-state index < -0.39 is 0 Å². The Balaban J connectivity index is 1.09. The zero-order chi connectivity index (χ0) is 37.8. The van der Waals surface area contributed by atoms with Crippen LogP contribution in [0.15, 0.2) is 133 Å². The monoisotopic (exact) mass is 740 g/mol. The minimum Gasteiger partial charge on any atom is -0.491 e. The van der Waals surface area contributed by atoms with E-state index in [9.17, 15) is 0 Å². The first-order valence-corrected chi connectivity index (χ1v) is 19.4. The summed E-state index contributed by atoms with van der Waals surface area (Å²) in [5.41, 5.74) is 6.13. The quantitative estimate of drug-likeness (QED) is 0.154. The van der Waals surface area contributed by atoms with Gasteiger partial charge in [0.2, 0.25) is 0 Å². The molecule has 0 saturated carbocycles. The molecule has 1 aliphatic heterocycles. The minimum atomic E-state index is 0.371. The second-order valence-electron chi connectivity index (χ2n) is 14.2. The Hall–Kier alpha value is -6.08. The van der Waals surface area contributed by atoms with Crippen LogP contribution in [0.1, 0.15) is 11.1 Å². The van der Waals surface area contributed by atoms with Crippen LogP contribution in [0.4, 0.5) is 0 Å². The van der Waals surface area contributed by atoms with Crippen molar-refractivity contribution in [2.24, 2.45) is 0 Å². The van der Waals surface area contributed by atoms with Crippen LogP contribution in [-0.4, -0.2) is 52.9 Å². The van der Waals surface area contributed by atoms with Gasteiger partial charge >= 0.3 is 0 Å². The van der Waals surface area contributed by atoms with E-state index in [1.54, 1.807) is 0 Å². The van der Waals surface area contributed by atoms with Crippen LogP contribution in [0.5, 0.6) is 23.0 Å². The number of ether oxygens (including phenoxy) is 6. The van der Waals surface area contributed by atoms with Crippen molar-refractivity contribution in [2.45, 2.75) is 13.8 Å². The van der Waals surface area contributed by atoms with Gasteiger partial charge < -0.3 is 28.4 Å². The SMILES string of the molecule is Cc1cc2ccccc2c2c1OCCOCCOc1ccc3ccccc3c1-c1c(ccc3ccccc13)OCCOCCOc1c(C)cc3ccccc3c1-2. The van der Waals surface area contributed by atoms with Crippen molar-refractivity contribution < 1.29 is 28.4 Å². The molecule has 0 bridgehead atoms. The van der Waals surface area contributed by atoms with Gasteiger partial charge in [-0.2, -0.15) is 0 Å². The zero-order valence-electron chi connectivity index (χ0n) is 31.8. The van der Waals surface area contributed by atoms with Crippen molar-refractivity contribution in [1.29, 1.82) is 0 Å². The van der Waals surface area contributed by atoms with Gasteiger partial charge in [-0.1, -0.05) is 109 Å². The summed E-state index contributed by atoms with van der Waals surface area (Å²) in [5.74, 6) is 3.20. The van der Waals surface area contributed by atoms with E-state index in [0.717, 1.165) is 99.5 Å². The molecule has 0 radical (unpaired) electrons. The van der Waals surface area contributed by atoms with E-state index in [1.807, 2.05) is 0 Å². The fourth-order valence-corrected chi connectivity index (χ4v) is 8.10. The Morgan fingerprint density at radius 3 is 1.07 bits per heavy atom. The Bertz CT molecular complexity index is 2510. The number of hydrogen-bond acceptors (Lipinski definition) is 6. The van der Waals surface area contributed by atoms with Gasteiger partial charge in [-0.05, 0) is 92.3 Å². The fraction of sp³-hybridized carbons (Fsp3) is 0.200. The number of hydrogen-bond donors (Lipinski definition) is 0. The predicted molar refractivity (Wildman–Crippen MR) is 227 cm³/mol. The summed E-state index contributed by atoms with van der Waals surface area (Å²) in [6, 6.07) is 46.5. The molecule has 0 spiro atoms. The van der Waals surface area contributed by atoms with Gasteiger partial charge in [-0.25, -0.2) is 0 Å². The highest BCUT2D eigenvalue weighted by atomic mass is 16.6. The lowest BCUT2D eigenvalue weighted by Crippen LogP contribution is -2.14. The van der Waals surface area contributed by atoms with Crippen LogP contribution >= 0.6 is 0 Å². The van der Waals surface area contributed by atoms with Gasteiger partial charge in [-0.3, -0.25) is 0 Å². The molecular formula is C50H44O6. The first kappa shape index (κ1) is 35.6. The maximum Gasteiger partial charge on any atom is 0.130 e. The molecule has 0 N–H and O–H groups in total. The largest absolute Gasteiger partial charge is 0.491 e. The Morgan fingerprint density at radius 2 is 0.661 bits per heavy atom. The van der Waals surface area contributed by atoms with Crippen LogP contribution in [0.3, 0.4) is 0 Å². The van der Waals surface area contributed by atoms with Gasteiger partial charge in [0, 0.05) is 22.3 Å². The zero-order valence-corrected chi connectivity index (χ0v) is 31.8. The van der Waals surface area contributed by atoms with Crippen LogP contribution < -0.4 is 18.9 Å². The van der Waals surface area contributed by atoms with E-state index in [2.05, 4.69) is 147 Å². The summed E-state index contributed by atoms with van der Waals surface area (Å²) in [5, 5.41) is 8.92. The summed E-state index contributed by atoms with van der Waals surface area (Å²) in [6.07, 6.45) is 0. The van der Waals surface area contributed by atoms with Gasteiger partial charge in [0.15, 0.2) is 0 Å². The molecule has 1 heterocycles. The van der Waals surface area contributed by atoms with Crippen molar-refractivity contribution in [3.8, 4) is 45.3 Å². The molecule has 0 saturated heterocycles. The molecule has 0 aromatic heterocycles. The van der Waals surface area contributed by atoms with E-state index in [-0.39, 0.29) is 0 Å². The minimum absolute atomic E-state index is 0.371. The fourth-order valence-electron chi connectivity index (χ4n) is 8.10. The van der Waals surface area contributed by atoms with Crippen molar-refractivity contribution in [2.75, 3.05) is 52.9 Å². The second-order valence-corrected chi connectivity index (χ2v) is 14.2. The second kappa shape index (κ2) is 16.0. The molecule has 0 amide bonds. The van der Waals surface area contributed by atoms with Gasteiger partial charge in [0.1, 0.15) is 49.4 Å². The molecule has 8 aromatic rings. The molecule has 8 aromatic carbocycles. The third-order valence-corrected chi connectivity index (χ3v) is 10.6. The summed E-state index contributed by atoms with van der Waals surface area (Å²) < 4.78 is 38.9. The normalized spacial score (nSPS) is 14.5. The first-order valence-electron chi connectivity index (χ1n) is 19.4. The maximum absolute atomic E-state index is 6.71. The molecule has 1 aliphatic rings. The van der Waals surface area contributed by atoms with E-state index >= 15 is 0 Å². The first-order chi connectivity index (χ1) is 27.7. The van der Waals surface area contributed by atoms with Gasteiger partial charge in [0.25, 0.3) is 0 Å². The van der Waals surface area contributed by atoms with Crippen LogP contribution in [0, 0.1) is 13.8 Å². The lowest BCUT2D eigenvalue weighted by molar-refractivity contribution is 0.0757. The third kappa shape index (κ3) is 6.87. The number of aryl methyl sites for hydroxylation is 2. The average molecular weight is 741 g/mol. The molecule has 6 nitrogen and oxygen atoms in total.